The van der Waals surface area contributed by atoms with E-state index in [0.29, 0.717) is 12.8 Å². The highest BCUT2D eigenvalue weighted by atomic mass is 19.1. The van der Waals surface area contributed by atoms with Crippen LogP contribution in [0.5, 0.6) is 0 Å². The summed E-state index contributed by atoms with van der Waals surface area (Å²) >= 11 is 0. The van der Waals surface area contributed by atoms with Gasteiger partial charge < -0.3 is 14.4 Å². The van der Waals surface area contributed by atoms with Crippen molar-refractivity contribution in [2.45, 2.75) is 44.6 Å². The molecule has 1 atom stereocenters. The Bertz CT molecular complexity index is 819. The summed E-state index contributed by atoms with van der Waals surface area (Å²) in [5.41, 5.74) is 0.996. The fourth-order valence-electron chi connectivity index (χ4n) is 4.23. The van der Waals surface area contributed by atoms with E-state index in [9.17, 15) is 9.18 Å². The van der Waals surface area contributed by atoms with Gasteiger partial charge in [0.2, 0.25) is 5.91 Å². The summed E-state index contributed by atoms with van der Waals surface area (Å²) in [6.07, 6.45) is 4.08. The molecule has 3 heterocycles. The van der Waals surface area contributed by atoms with Gasteiger partial charge in [0.25, 0.3) is 0 Å². The predicted octanol–water partition coefficient (Wildman–Crippen LogP) is 2.24. The zero-order valence-corrected chi connectivity index (χ0v) is 16.5. The first kappa shape index (κ1) is 19.1. The molecule has 0 unspecified atom stereocenters. The number of carbonyl (C=O) groups excluding carboxylic acids is 1. The molecule has 0 N–H and O–H groups in total. The van der Waals surface area contributed by atoms with Crippen LogP contribution in [0.3, 0.4) is 0 Å². The Balaban J connectivity index is 1.38. The summed E-state index contributed by atoms with van der Waals surface area (Å²) in [5, 5.41) is 8.94. The van der Waals surface area contributed by atoms with Gasteiger partial charge in [0.15, 0.2) is 0 Å². The Morgan fingerprint density at radius 2 is 1.96 bits per heavy atom. The molecule has 2 aromatic rings. The number of hydrogen-bond acceptors (Lipinski definition) is 4. The van der Waals surface area contributed by atoms with Crippen LogP contribution in [0.2, 0.25) is 0 Å². The van der Waals surface area contributed by atoms with Crippen molar-refractivity contribution in [3.8, 4) is 0 Å². The van der Waals surface area contributed by atoms with E-state index in [2.05, 4.69) is 26.7 Å². The van der Waals surface area contributed by atoms with E-state index in [1.54, 1.807) is 12.1 Å². The number of carbonyl (C=O) groups is 1. The molecule has 0 bridgehead atoms. The van der Waals surface area contributed by atoms with Gasteiger partial charge in [-0.1, -0.05) is 12.1 Å². The summed E-state index contributed by atoms with van der Waals surface area (Å²) in [4.78, 5) is 17.0. The molecule has 0 radical (unpaired) electrons. The number of amides is 1. The number of benzene rings is 1. The van der Waals surface area contributed by atoms with Gasteiger partial charge in [-0.05, 0) is 44.0 Å². The first-order valence-corrected chi connectivity index (χ1v) is 10.2. The molecule has 6 nitrogen and oxygen atoms in total. The zero-order chi connectivity index (χ0) is 19.5. The number of likely N-dealkylation sites (N-methyl/N-ethyl adjacent to an activating group) is 1. The monoisotopic (exact) mass is 385 g/mol. The van der Waals surface area contributed by atoms with Crippen LogP contribution in [0, 0.1) is 5.82 Å². The Hall–Kier alpha value is -2.28. The lowest BCUT2D eigenvalue weighted by atomic mass is 9.96. The summed E-state index contributed by atoms with van der Waals surface area (Å²) < 4.78 is 15.3. The van der Waals surface area contributed by atoms with E-state index >= 15 is 0 Å². The maximum Gasteiger partial charge on any atom is 0.222 e. The van der Waals surface area contributed by atoms with E-state index in [0.717, 1.165) is 69.2 Å². The quantitative estimate of drug-likeness (QED) is 0.810. The fourth-order valence-corrected chi connectivity index (χ4v) is 4.23. The van der Waals surface area contributed by atoms with Crippen LogP contribution in [0.15, 0.2) is 24.3 Å². The third-order valence-electron chi connectivity index (χ3n) is 5.96. The molecular weight excluding hydrogens is 357 g/mol. The second-order valence-electron chi connectivity index (χ2n) is 7.98. The molecule has 0 spiro atoms. The number of aromatic nitrogens is 3. The smallest absolute Gasteiger partial charge is 0.222 e. The molecule has 2 aliphatic rings. The Morgan fingerprint density at radius 1 is 1.14 bits per heavy atom. The maximum absolute atomic E-state index is 13.0. The molecule has 28 heavy (non-hydrogen) atoms. The van der Waals surface area contributed by atoms with Gasteiger partial charge in [0.1, 0.15) is 17.5 Å². The number of halogens is 1. The molecule has 150 valence electrons. The van der Waals surface area contributed by atoms with E-state index in [-0.39, 0.29) is 17.6 Å². The number of piperidine rings is 1. The predicted molar refractivity (Wildman–Crippen MR) is 104 cm³/mol. The average Bonchev–Trinajstić information content (AvgIpc) is 3.04. The minimum Gasteiger partial charge on any atom is -0.342 e. The third kappa shape index (κ3) is 4.24. The Kier molecular flexibility index (Phi) is 5.71. The molecule has 1 saturated heterocycles. The number of likely N-dealkylation sites (tertiary alicyclic amines) is 1. The number of rotatable bonds is 4. The normalized spacial score (nSPS) is 20.6. The van der Waals surface area contributed by atoms with Crippen molar-refractivity contribution in [3.05, 3.63) is 47.3 Å². The van der Waals surface area contributed by atoms with Gasteiger partial charge in [-0.25, -0.2) is 4.39 Å². The molecule has 1 amide bonds. The van der Waals surface area contributed by atoms with Crippen molar-refractivity contribution in [2.24, 2.45) is 0 Å². The van der Waals surface area contributed by atoms with Gasteiger partial charge in [-0.3, -0.25) is 4.79 Å². The lowest BCUT2D eigenvalue weighted by Gasteiger charge is -2.32. The SMILES string of the molecule is CN1CCc2nnc([C@@H]3CCCN(C(=O)CCc4ccc(F)cc4)C3)n2CC1. The average molecular weight is 385 g/mol. The van der Waals surface area contributed by atoms with Crippen LogP contribution < -0.4 is 0 Å². The Labute approximate surface area is 165 Å². The van der Waals surface area contributed by atoms with Crippen LogP contribution in [-0.4, -0.2) is 63.7 Å². The first-order valence-electron chi connectivity index (χ1n) is 10.2. The van der Waals surface area contributed by atoms with E-state index in [1.807, 2.05) is 4.90 Å². The highest BCUT2D eigenvalue weighted by Crippen LogP contribution is 2.27. The van der Waals surface area contributed by atoms with Crippen molar-refractivity contribution in [1.82, 2.24) is 24.6 Å². The molecule has 7 heteroatoms. The van der Waals surface area contributed by atoms with Crippen molar-refractivity contribution in [3.63, 3.8) is 0 Å². The van der Waals surface area contributed by atoms with Gasteiger partial charge in [0.05, 0.1) is 0 Å². The van der Waals surface area contributed by atoms with E-state index in [1.165, 1.54) is 12.1 Å². The molecule has 1 fully saturated rings. The lowest BCUT2D eigenvalue weighted by molar-refractivity contribution is -0.132. The minimum absolute atomic E-state index is 0.171. The molecule has 0 aliphatic carbocycles. The van der Waals surface area contributed by atoms with E-state index in [4.69, 9.17) is 0 Å². The standard InChI is InChI=1S/C21H28FN5O/c1-25-12-10-19-23-24-21(27(19)14-13-25)17-3-2-11-26(15-17)20(28)9-6-16-4-7-18(22)8-5-16/h4-5,7-8,17H,2-3,6,9-15H2,1H3/t17-/m1/s1. The lowest BCUT2D eigenvalue weighted by Crippen LogP contribution is -2.40. The van der Waals surface area contributed by atoms with Gasteiger partial charge in [0, 0.05) is 51.5 Å². The number of hydrogen-bond donors (Lipinski definition) is 0. The fraction of sp³-hybridized carbons (Fsp3) is 0.571. The summed E-state index contributed by atoms with van der Waals surface area (Å²) in [6, 6.07) is 6.41. The summed E-state index contributed by atoms with van der Waals surface area (Å²) in [5.74, 6) is 2.30. The second-order valence-corrected chi connectivity index (χ2v) is 7.98. The Morgan fingerprint density at radius 3 is 2.79 bits per heavy atom. The van der Waals surface area contributed by atoms with Crippen LogP contribution >= 0.6 is 0 Å². The highest BCUT2D eigenvalue weighted by molar-refractivity contribution is 5.76. The zero-order valence-electron chi connectivity index (χ0n) is 16.5. The molecular formula is C21H28FN5O. The van der Waals surface area contributed by atoms with Crippen LogP contribution in [0.1, 0.15) is 42.4 Å². The van der Waals surface area contributed by atoms with Gasteiger partial charge in [-0.2, -0.15) is 0 Å². The highest BCUT2D eigenvalue weighted by Gasteiger charge is 2.29. The van der Waals surface area contributed by atoms with Crippen molar-refractivity contribution in [2.75, 3.05) is 33.2 Å². The van der Waals surface area contributed by atoms with Gasteiger partial charge >= 0.3 is 0 Å². The van der Waals surface area contributed by atoms with Crippen LogP contribution in [0.25, 0.3) is 0 Å². The van der Waals surface area contributed by atoms with Crippen molar-refractivity contribution in [1.29, 1.82) is 0 Å². The van der Waals surface area contributed by atoms with E-state index < -0.39 is 0 Å². The third-order valence-corrected chi connectivity index (χ3v) is 5.96. The second kappa shape index (κ2) is 8.39. The molecule has 1 aromatic heterocycles. The summed E-state index contributed by atoms with van der Waals surface area (Å²) in [6.45, 7) is 4.46. The molecule has 1 aromatic carbocycles. The number of fused-ring (bicyclic) bond motifs is 1. The number of nitrogens with zero attached hydrogens (tertiary/aromatic N) is 5. The number of aryl methyl sites for hydroxylation is 1. The van der Waals surface area contributed by atoms with Crippen LogP contribution in [-0.2, 0) is 24.2 Å². The van der Waals surface area contributed by atoms with Crippen molar-refractivity contribution < 1.29 is 9.18 Å². The summed E-state index contributed by atoms with van der Waals surface area (Å²) in [7, 11) is 2.14. The largest absolute Gasteiger partial charge is 0.342 e. The van der Waals surface area contributed by atoms with Gasteiger partial charge in [-0.15, -0.1) is 10.2 Å². The van der Waals surface area contributed by atoms with Crippen molar-refractivity contribution >= 4 is 5.91 Å². The molecule has 2 aliphatic heterocycles. The topological polar surface area (TPSA) is 54.3 Å². The minimum atomic E-state index is -0.243. The molecule has 0 saturated carbocycles. The molecule has 4 rings (SSSR count). The maximum atomic E-state index is 13.0. The van der Waals surface area contributed by atoms with Crippen LogP contribution in [0.4, 0.5) is 4.39 Å². The first-order chi connectivity index (χ1) is 13.6.